The number of carbonyl (C=O) groups excluding carboxylic acids is 2. The maximum absolute atomic E-state index is 12.9. The molecule has 0 heterocycles. The van der Waals surface area contributed by atoms with Gasteiger partial charge in [-0.05, 0) is 49.7 Å². The highest BCUT2D eigenvalue weighted by atomic mass is 35.5. The Balaban J connectivity index is 2.00. The predicted octanol–water partition coefficient (Wildman–Crippen LogP) is 4.41. The Kier molecular flexibility index (Phi) is 6.03. The molecule has 2 aromatic rings. The van der Waals surface area contributed by atoms with Crippen LogP contribution in [0.5, 0.6) is 0 Å². The number of hydrogen-bond donors (Lipinski definition) is 2. The second-order valence-corrected chi connectivity index (χ2v) is 6.83. The zero-order valence-electron chi connectivity index (χ0n) is 13.7. The van der Waals surface area contributed by atoms with E-state index in [-0.39, 0.29) is 12.4 Å². The first-order valence-corrected chi connectivity index (χ1v) is 8.25. The molecular formula is C18H17Cl2FN2O2. The summed E-state index contributed by atoms with van der Waals surface area (Å²) in [5.41, 5.74) is -0.138. The van der Waals surface area contributed by atoms with E-state index in [9.17, 15) is 14.0 Å². The van der Waals surface area contributed by atoms with Gasteiger partial charge < -0.3 is 10.6 Å². The third-order valence-corrected chi connectivity index (χ3v) is 4.42. The Labute approximate surface area is 155 Å². The van der Waals surface area contributed by atoms with Crippen molar-refractivity contribution < 1.29 is 14.0 Å². The molecule has 2 rings (SSSR count). The molecule has 2 aromatic carbocycles. The average Bonchev–Trinajstić information content (AvgIpc) is 2.57. The van der Waals surface area contributed by atoms with Crippen LogP contribution in [-0.4, -0.2) is 11.8 Å². The quantitative estimate of drug-likeness (QED) is 0.752. The van der Waals surface area contributed by atoms with Crippen LogP contribution in [0.3, 0.4) is 0 Å². The molecule has 2 N–H and O–H groups in total. The van der Waals surface area contributed by atoms with Gasteiger partial charge >= 0.3 is 0 Å². The standard InChI is InChI=1S/C18H17Cl2FN2O2/c1-18(2,16(24)22-10-11-3-5-12(21)6-4-11)17(25)23-13-7-8-14(19)15(20)9-13/h3-9H,10H2,1-2H3,(H,22,24)(H,23,25). The van der Waals surface area contributed by atoms with Crippen LogP contribution in [0.1, 0.15) is 19.4 Å². The van der Waals surface area contributed by atoms with Crippen LogP contribution in [0.2, 0.25) is 10.0 Å². The van der Waals surface area contributed by atoms with Gasteiger partial charge in [-0.2, -0.15) is 0 Å². The van der Waals surface area contributed by atoms with Crippen LogP contribution in [0.15, 0.2) is 42.5 Å². The van der Waals surface area contributed by atoms with Crippen LogP contribution in [-0.2, 0) is 16.1 Å². The van der Waals surface area contributed by atoms with E-state index in [2.05, 4.69) is 10.6 Å². The minimum Gasteiger partial charge on any atom is -0.351 e. The molecule has 0 saturated carbocycles. The van der Waals surface area contributed by atoms with Gasteiger partial charge in [-0.3, -0.25) is 9.59 Å². The normalized spacial score (nSPS) is 11.1. The summed E-state index contributed by atoms with van der Waals surface area (Å²) in [7, 11) is 0. The van der Waals surface area contributed by atoms with Crippen LogP contribution in [0.4, 0.5) is 10.1 Å². The first kappa shape index (κ1) is 19.2. The first-order chi connectivity index (χ1) is 11.7. The topological polar surface area (TPSA) is 58.2 Å². The Morgan fingerprint density at radius 2 is 1.64 bits per heavy atom. The minimum atomic E-state index is -1.31. The van der Waals surface area contributed by atoms with E-state index in [4.69, 9.17) is 23.2 Å². The van der Waals surface area contributed by atoms with Crippen molar-refractivity contribution in [3.8, 4) is 0 Å². The van der Waals surface area contributed by atoms with Gasteiger partial charge in [-0.25, -0.2) is 4.39 Å². The summed E-state index contributed by atoms with van der Waals surface area (Å²) < 4.78 is 12.9. The lowest BCUT2D eigenvalue weighted by Crippen LogP contribution is -2.44. The van der Waals surface area contributed by atoms with Gasteiger partial charge in [0.2, 0.25) is 11.8 Å². The maximum Gasteiger partial charge on any atom is 0.239 e. The molecule has 0 aromatic heterocycles. The van der Waals surface area contributed by atoms with E-state index in [0.29, 0.717) is 15.7 Å². The van der Waals surface area contributed by atoms with Gasteiger partial charge in [0, 0.05) is 12.2 Å². The number of nitrogens with one attached hydrogen (secondary N) is 2. The van der Waals surface area contributed by atoms with Gasteiger partial charge in [0.15, 0.2) is 0 Å². The molecule has 0 atom stereocenters. The lowest BCUT2D eigenvalue weighted by atomic mass is 9.90. The molecule has 25 heavy (non-hydrogen) atoms. The van der Waals surface area contributed by atoms with Gasteiger partial charge in [-0.1, -0.05) is 35.3 Å². The molecule has 0 bridgehead atoms. The second kappa shape index (κ2) is 7.85. The van der Waals surface area contributed by atoms with Crippen molar-refractivity contribution in [1.29, 1.82) is 0 Å². The van der Waals surface area contributed by atoms with Crippen molar-refractivity contribution >= 4 is 40.7 Å². The van der Waals surface area contributed by atoms with Crippen molar-refractivity contribution in [2.75, 3.05) is 5.32 Å². The molecule has 0 aliphatic heterocycles. The summed E-state index contributed by atoms with van der Waals surface area (Å²) in [4.78, 5) is 24.8. The minimum absolute atomic E-state index is 0.197. The highest BCUT2D eigenvalue weighted by Gasteiger charge is 2.36. The Morgan fingerprint density at radius 3 is 2.24 bits per heavy atom. The van der Waals surface area contributed by atoms with Gasteiger partial charge in [0.25, 0.3) is 0 Å². The maximum atomic E-state index is 12.9. The van der Waals surface area contributed by atoms with E-state index in [1.807, 2.05) is 0 Å². The molecule has 7 heteroatoms. The van der Waals surface area contributed by atoms with Crippen molar-refractivity contribution in [3.05, 3.63) is 63.9 Å². The zero-order valence-corrected chi connectivity index (χ0v) is 15.2. The smallest absolute Gasteiger partial charge is 0.239 e. The molecule has 4 nitrogen and oxygen atoms in total. The number of halogens is 3. The Hall–Kier alpha value is -2.11. The molecule has 0 radical (unpaired) electrons. The summed E-state index contributed by atoms with van der Waals surface area (Å²) in [6.45, 7) is 3.22. The second-order valence-electron chi connectivity index (χ2n) is 6.02. The molecule has 0 unspecified atom stereocenters. The number of anilines is 1. The fourth-order valence-electron chi connectivity index (χ4n) is 1.97. The summed E-state index contributed by atoms with van der Waals surface area (Å²) >= 11 is 11.7. The molecule has 132 valence electrons. The Bertz CT molecular complexity index is 792. The lowest BCUT2D eigenvalue weighted by molar-refractivity contribution is -0.138. The Morgan fingerprint density at radius 1 is 1.00 bits per heavy atom. The first-order valence-electron chi connectivity index (χ1n) is 7.49. The van der Waals surface area contributed by atoms with E-state index in [1.54, 1.807) is 24.3 Å². The van der Waals surface area contributed by atoms with E-state index in [0.717, 1.165) is 5.56 Å². The molecule has 0 saturated heterocycles. The van der Waals surface area contributed by atoms with Crippen LogP contribution >= 0.6 is 23.2 Å². The van der Waals surface area contributed by atoms with Crippen LogP contribution in [0, 0.1) is 11.2 Å². The number of rotatable bonds is 5. The third-order valence-electron chi connectivity index (χ3n) is 3.68. The molecule has 0 fully saturated rings. The fourth-order valence-corrected chi connectivity index (χ4v) is 2.27. The van der Waals surface area contributed by atoms with Crippen molar-refractivity contribution in [2.24, 2.45) is 5.41 Å². The summed E-state index contributed by atoms with van der Waals surface area (Å²) in [6, 6.07) is 10.4. The highest BCUT2D eigenvalue weighted by Crippen LogP contribution is 2.26. The largest absolute Gasteiger partial charge is 0.351 e. The molecular weight excluding hydrogens is 366 g/mol. The predicted molar refractivity (Wildman–Crippen MR) is 97.1 cm³/mol. The SMILES string of the molecule is CC(C)(C(=O)NCc1ccc(F)cc1)C(=O)Nc1ccc(Cl)c(Cl)c1. The van der Waals surface area contributed by atoms with Crippen molar-refractivity contribution in [2.45, 2.75) is 20.4 Å². The highest BCUT2D eigenvalue weighted by molar-refractivity contribution is 6.42. The van der Waals surface area contributed by atoms with Crippen molar-refractivity contribution in [3.63, 3.8) is 0 Å². The summed E-state index contributed by atoms with van der Waals surface area (Å²) in [5, 5.41) is 6.00. The fraction of sp³-hybridized carbons (Fsp3) is 0.222. The van der Waals surface area contributed by atoms with Gasteiger partial charge in [-0.15, -0.1) is 0 Å². The number of amides is 2. The lowest BCUT2D eigenvalue weighted by Gasteiger charge is -2.23. The van der Waals surface area contributed by atoms with E-state index in [1.165, 1.54) is 32.0 Å². The molecule has 2 amide bonds. The van der Waals surface area contributed by atoms with Gasteiger partial charge in [0.1, 0.15) is 11.2 Å². The summed E-state index contributed by atoms with van der Waals surface area (Å²) in [5.74, 6) is -1.28. The number of carbonyl (C=O) groups is 2. The zero-order chi connectivity index (χ0) is 18.6. The monoisotopic (exact) mass is 382 g/mol. The van der Waals surface area contributed by atoms with Crippen molar-refractivity contribution in [1.82, 2.24) is 5.32 Å². The van der Waals surface area contributed by atoms with E-state index < -0.39 is 17.2 Å². The van der Waals surface area contributed by atoms with Crippen LogP contribution < -0.4 is 10.6 Å². The summed E-state index contributed by atoms with van der Waals surface area (Å²) in [6.07, 6.45) is 0. The van der Waals surface area contributed by atoms with Crippen LogP contribution in [0.25, 0.3) is 0 Å². The number of hydrogen-bond acceptors (Lipinski definition) is 2. The van der Waals surface area contributed by atoms with E-state index >= 15 is 0 Å². The third kappa shape index (κ3) is 4.94. The average molecular weight is 383 g/mol. The molecule has 0 aliphatic carbocycles. The molecule has 0 spiro atoms. The van der Waals surface area contributed by atoms with Gasteiger partial charge in [0.05, 0.1) is 10.0 Å². The number of benzene rings is 2. The molecule has 0 aliphatic rings.